The molecule has 1 fully saturated rings. The number of hydrogen-bond donors (Lipinski definition) is 0. The minimum Gasteiger partial charge on any atom is -0.342 e. The van der Waals surface area contributed by atoms with Gasteiger partial charge in [-0.15, -0.1) is 0 Å². The molecule has 2 heteroatoms. The molecule has 0 aromatic heterocycles. The maximum Gasteiger partial charge on any atom is 0.225 e. The predicted molar refractivity (Wildman–Crippen MR) is 59.1 cm³/mol. The Bertz CT molecular complexity index is 181. The first kappa shape index (κ1) is 11.5. The third-order valence-electron chi connectivity index (χ3n) is 3.12. The van der Waals surface area contributed by atoms with Gasteiger partial charge in [-0.05, 0) is 18.8 Å². The van der Waals surface area contributed by atoms with Crippen molar-refractivity contribution in [2.45, 2.75) is 46.5 Å². The summed E-state index contributed by atoms with van der Waals surface area (Å²) in [6.07, 6.45) is 5.05. The zero-order valence-electron chi connectivity index (χ0n) is 9.75. The van der Waals surface area contributed by atoms with E-state index in [1.165, 1.54) is 25.7 Å². The SMILES string of the molecule is CCCC1CCN(C(=O)C(C)C)CC1. The molecule has 0 spiro atoms. The molecule has 1 aliphatic rings. The summed E-state index contributed by atoms with van der Waals surface area (Å²) in [6.45, 7) is 8.19. The Morgan fingerprint density at radius 1 is 1.36 bits per heavy atom. The average molecular weight is 197 g/mol. The molecule has 1 saturated heterocycles. The Morgan fingerprint density at radius 3 is 2.36 bits per heavy atom. The Kier molecular flexibility index (Phi) is 4.43. The largest absolute Gasteiger partial charge is 0.342 e. The normalized spacial score (nSPS) is 19.0. The van der Waals surface area contributed by atoms with E-state index in [1.807, 2.05) is 18.7 Å². The molecule has 1 aliphatic heterocycles. The molecule has 0 saturated carbocycles. The zero-order chi connectivity index (χ0) is 10.6. The molecule has 0 N–H and O–H groups in total. The van der Waals surface area contributed by atoms with E-state index in [-0.39, 0.29) is 5.92 Å². The van der Waals surface area contributed by atoms with Crippen molar-refractivity contribution < 1.29 is 4.79 Å². The van der Waals surface area contributed by atoms with Crippen LogP contribution in [0.1, 0.15) is 46.5 Å². The molecule has 1 amide bonds. The fourth-order valence-electron chi connectivity index (χ4n) is 2.22. The first-order valence-electron chi connectivity index (χ1n) is 5.94. The van der Waals surface area contributed by atoms with Crippen LogP contribution in [-0.2, 0) is 4.79 Å². The van der Waals surface area contributed by atoms with Gasteiger partial charge < -0.3 is 4.90 Å². The Balaban J connectivity index is 2.32. The van der Waals surface area contributed by atoms with Gasteiger partial charge in [-0.3, -0.25) is 4.79 Å². The first-order chi connectivity index (χ1) is 6.65. The topological polar surface area (TPSA) is 20.3 Å². The predicted octanol–water partition coefficient (Wildman–Crippen LogP) is 2.68. The summed E-state index contributed by atoms with van der Waals surface area (Å²) in [6, 6.07) is 0. The van der Waals surface area contributed by atoms with E-state index >= 15 is 0 Å². The van der Waals surface area contributed by atoms with Crippen molar-refractivity contribution in [2.75, 3.05) is 13.1 Å². The lowest BCUT2D eigenvalue weighted by Gasteiger charge is -2.33. The molecule has 0 unspecified atom stereocenters. The highest BCUT2D eigenvalue weighted by Crippen LogP contribution is 2.22. The molecule has 0 bridgehead atoms. The van der Waals surface area contributed by atoms with Crippen LogP contribution in [0.3, 0.4) is 0 Å². The van der Waals surface area contributed by atoms with E-state index in [4.69, 9.17) is 0 Å². The van der Waals surface area contributed by atoms with Crippen LogP contribution in [0.2, 0.25) is 0 Å². The Labute approximate surface area is 87.7 Å². The second-order valence-corrected chi connectivity index (χ2v) is 4.71. The lowest BCUT2D eigenvalue weighted by Crippen LogP contribution is -2.40. The summed E-state index contributed by atoms with van der Waals surface area (Å²) < 4.78 is 0. The van der Waals surface area contributed by atoms with Gasteiger partial charge in [0.05, 0.1) is 0 Å². The van der Waals surface area contributed by atoms with Crippen LogP contribution < -0.4 is 0 Å². The van der Waals surface area contributed by atoms with E-state index in [0.29, 0.717) is 5.91 Å². The van der Waals surface area contributed by atoms with Gasteiger partial charge in [0.2, 0.25) is 5.91 Å². The summed E-state index contributed by atoms with van der Waals surface area (Å²) >= 11 is 0. The second kappa shape index (κ2) is 5.38. The van der Waals surface area contributed by atoms with Crippen LogP contribution in [0.5, 0.6) is 0 Å². The third-order valence-corrected chi connectivity index (χ3v) is 3.12. The minimum atomic E-state index is 0.165. The first-order valence-corrected chi connectivity index (χ1v) is 5.94. The van der Waals surface area contributed by atoms with E-state index in [1.54, 1.807) is 0 Å². The van der Waals surface area contributed by atoms with Crippen molar-refractivity contribution in [3.05, 3.63) is 0 Å². The maximum absolute atomic E-state index is 11.7. The highest BCUT2D eigenvalue weighted by molar-refractivity contribution is 5.78. The number of nitrogens with zero attached hydrogens (tertiary/aromatic N) is 1. The van der Waals surface area contributed by atoms with Crippen molar-refractivity contribution in [1.82, 2.24) is 4.90 Å². The fraction of sp³-hybridized carbons (Fsp3) is 0.917. The number of carbonyl (C=O) groups excluding carboxylic acids is 1. The fourth-order valence-corrected chi connectivity index (χ4v) is 2.22. The number of amides is 1. The van der Waals surface area contributed by atoms with E-state index in [2.05, 4.69) is 6.92 Å². The third kappa shape index (κ3) is 3.00. The van der Waals surface area contributed by atoms with Gasteiger partial charge in [0.15, 0.2) is 0 Å². The molecule has 0 aromatic rings. The molecule has 0 aliphatic carbocycles. The molecule has 0 aromatic carbocycles. The summed E-state index contributed by atoms with van der Waals surface area (Å²) in [4.78, 5) is 13.7. The summed E-state index contributed by atoms with van der Waals surface area (Å²) in [5.74, 6) is 1.37. The van der Waals surface area contributed by atoms with Gasteiger partial charge >= 0.3 is 0 Å². The second-order valence-electron chi connectivity index (χ2n) is 4.71. The summed E-state index contributed by atoms with van der Waals surface area (Å²) in [5.41, 5.74) is 0. The molecule has 14 heavy (non-hydrogen) atoms. The van der Waals surface area contributed by atoms with Crippen molar-refractivity contribution in [2.24, 2.45) is 11.8 Å². The number of rotatable bonds is 3. The van der Waals surface area contributed by atoms with Gasteiger partial charge in [-0.25, -0.2) is 0 Å². The van der Waals surface area contributed by atoms with Crippen LogP contribution in [0.25, 0.3) is 0 Å². The van der Waals surface area contributed by atoms with Gasteiger partial charge in [0.1, 0.15) is 0 Å². The summed E-state index contributed by atoms with van der Waals surface area (Å²) in [5, 5.41) is 0. The minimum absolute atomic E-state index is 0.165. The molecule has 1 heterocycles. The molecule has 2 nitrogen and oxygen atoms in total. The quantitative estimate of drug-likeness (QED) is 0.681. The number of piperidine rings is 1. The lowest BCUT2D eigenvalue weighted by atomic mass is 9.92. The van der Waals surface area contributed by atoms with Crippen LogP contribution >= 0.6 is 0 Å². The van der Waals surface area contributed by atoms with Crippen molar-refractivity contribution in [3.63, 3.8) is 0 Å². The van der Waals surface area contributed by atoms with Gasteiger partial charge in [0.25, 0.3) is 0 Å². The monoisotopic (exact) mass is 197 g/mol. The van der Waals surface area contributed by atoms with Crippen LogP contribution in [0, 0.1) is 11.8 Å². The summed E-state index contributed by atoms with van der Waals surface area (Å²) in [7, 11) is 0. The standard InChI is InChI=1S/C12H23NO/c1-4-5-11-6-8-13(9-7-11)12(14)10(2)3/h10-11H,4-9H2,1-3H3. The smallest absolute Gasteiger partial charge is 0.225 e. The number of hydrogen-bond acceptors (Lipinski definition) is 1. The van der Waals surface area contributed by atoms with Crippen LogP contribution in [0.4, 0.5) is 0 Å². The lowest BCUT2D eigenvalue weighted by molar-refractivity contribution is -0.135. The van der Waals surface area contributed by atoms with Gasteiger partial charge in [-0.2, -0.15) is 0 Å². The van der Waals surface area contributed by atoms with E-state index in [9.17, 15) is 4.79 Å². The van der Waals surface area contributed by atoms with E-state index < -0.39 is 0 Å². The Hall–Kier alpha value is -0.530. The maximum atomic E-state index is 11.7. The van der Waals surface area contributed by atoms with Gasteiger partial charge in [-0.1, -0.05) is 33.6 Å². The van der Waals surface area contributed by atoms with Gasteiger partial charge in [0, 0.05) is 19.0 Å². The number of likely N-dealkylation sites (tertiary alicyclic amines) is 1. The average Bonchev–Trinajstić information content (AvgIpc) is 2.18. The molecule has 0 radical (unpaired) electrons. The highest BCUT2D eigenvalue weighted by atomic mass is 16.2. The number of carbonyl (C=O) groups is 1. The molecule has 0 atom stereocenters. The highest BCUT2D eigenvalue weighted by Gasteiger charge is 2.23. The molecule has 82 valence electrons. The molecule has 1 rings (SSSR count). The van der Waals surface area contributed by atoms with Crippen molar-refractivity contribution >= 4 is 5.91 Å². The van der Waals surface area contributed by atoms with E-state index in [0.717, 1.165) is 19.0 Å². The molecular formula is C12H23NO. The Morgan fingerprint density at radius 2 is 1.93 bits per heavy atom. The van der Waals surface area contributed by atoms with Crippen LogP contribution in [0.15, 0.2) is 0 Å². The molecular weight excluding hydrogens is 174 g/mol. The van der Waals surface area contributed by atoms with Crippen molar-refractivity contribution in [1.29, 1.82) is 0 Å². The zero-order valence-corrected chi connectivity index (χ0v) is 9.75. The van der Waals surface area contributed by atoms with Crippen LogP contribution in [-0.4, -0.2) is 23.9 Å². The van der Waals surface area contributed by atoms with Crippen molar-refractivity contribution in [3.8, 4) is 0 Å².